The van der Waals surface area contributed by atoms with Gasteiger partial charge in [0.1, 0.15) is 29.9 Å². The first-order valence-corrected chi connectivity index (χ1v) is 15.7. The third-order valence-corrected chi connectivity index (χ3v) is 8.90. The Kier molecular flexibility index (Phi) is 12.4. The number of hydrogen-bond acceptors (Lipinski definition) is 8. The normalized spacial score (nSPS) is 11.7. The van der Waals surface area contributed by atoms with E-state index in [0.717, 1.165) is 17.1 Å². The van der Waals surface area contributed by atoms with E-state index < -0.39 is 40.2 Å². The van der Waals surface area contributed by atoms with E-state index in [2.05, 4.69) is 5.32 Å². The zero-order valence-electron chi connectivity index (χ0n) is 26.3. The molecule has 0 aromatic heterocycles. The molecular formula is C32H40FN3O8S. The number of anilines is 1. The first-order valence-electron chi connectivity index (χ1n) is 14.3. The molecule has 2 amide bonds. The van der Waals surface area contributed by atoms with Crippen molar-refractivity contribution >= 4 is 27.5 Å². The number of carbonyl (C=O) groups is 2. The van der Waals surface area contributed by atoms with Crippen LogP contribution in [-0.4, -0.2) is 72.7 Å². The van der Waals surface area contributed by atoms with E-state index in [0.29, 0.717) is 23.6 Å². The van der Waals surface area contributed by atoms with Crippen LogP contribution >= 0.6 is 0 Å². The summed E-state index contributed by atoms with van der Waals surface area (Å²) in [5, 5.41) is 2.82. The van der Waals surface area contributed by atoms with E-state index in [9.17, 15) is 22.4 Å². The lowest BCUT2D eigenvalue weighted by Crippen LogP contribution is -2.51. The molecule has 13 heteroatoms. The fraction of sp³-hybridized carbons (Fsp3) is 0.375. The molecule has 0 aliphatic heterocycles. The maximum absolute atomic E-state index is 14.3. The van der Waals surface area contributed by atoms with Crippen LogP contribution in [0, 0.1) is 5.82 Å². The van der Waals surface area contributed by atoms with Crippen molar-refractivity contribution in [2.75, 3.05) is 45.8 Å². The molecule has 45 heavy (non-hydrogen) atoms. The molecule has 1 N–H and O–H groups in total. The van der Waals surface area contributed by atoms with Crippen molar-refractivity contribution in [1.29, 1.82) is 0 Å². The van der Waals surface area contributed by atoms with Gasteiger partial charge in [0.25, 0.3) is 10.0 Å². The summed E-state index contributed by atoms with van der Waals surface area (Å²) in [6, 6.07) is 13.1. The number of hydrogen-bond donors (Lipinski definition) is 1. The summed E-state index contributed by atoms with van der Waals surface area (Å²) in [6.45, 7) is 3.16. The number of ether oxygens (including phenoxy) is 4. The van der Waals surface area contributed by atoms with Crippen LogP contribution < -0.4 is 28.6 Å². The second-order valence-electron chi connectivity index (χ2n) is 10.0. The largest absolute Gasteiger partial charge is 0.497 e. The quantitative estimate of drug-likeness (QED) is 0.228. The van der Waals surface area contributed by atoms with E-state index in [1.54, 1.807) is 13.0 Å². The Morgan fingerprint density at radius 1 is 0.867 bits per heavy atom. The van der Waals surface area contributed by atoms with E-state index in [1.165, 1.54) is 87.9 Å². The number of halogens is 1. The predicted molar refractivity (Wildman–Crippen MR) is 168 cm³/mol. The number of rotatable bonds is 16. The number of amides is 2. The lowest BCUT2D eigenvalue weighted by Gasteiger charge is -2.32. The van der Waals surface area contributed by atoms with Gasteiger partial charge in [-0.3, -0.25) is 13.9 Å². The van der Waals surface area contributed by atoms with Crippen LogP contribution in [0.4, 0.5) is 10.1 Å². The van der Waals surface area contributed by atoms with Crippen LogP contribution in [0.15, 0.2) is 65.6 Å². The highest BCUT2D eigenvalue weighted by Gasteiger charge is 2.34. The summed E-state index contributed by atoms with van der Waals surface area (Å²) in [5.41, 5.74) is 0.577. The molecule has 0 radical (unpaired) electrons. The van der Waals surface area contributed by atoms with Gasteiger partial charge in [-0.15, -0.1) is 0 Å². The molecule has 0 heterocycles. The summed E-state index contributed by atoms with van der Waals surface area (Å²) < 4.78 is 64.7. The Morgan fingerprint density at radius 2 is 1.51 bits per heavy atom. The Labute approximate surface area is 263 Å². The second kappa shape index (κ2) is 16.0. The number of nitrogens with zero attached hydrogens (tertiary/aromatic N) is 2. The molecule has 3 rings (SSSR count). The molecule has 0 spiro atoms. The van der Waals surface area contributed by atoms with Gasteiger partial charge in [-0.2, -0.15) is 0 Å². The fourth-order valence-electron chi connectivity index (χ4n) is 4.51. The monoisotopic (exact) mass is 645 g/mol. The number of carbonyl (C=O) groups excluding carboxylic acids is 2. The number of sulfonamides is 1. The average molecular weight is 646 g/mol. The second-order valence-corrected chi connectivity index (χ2v) is 11.9. The van der Waals surface area contributed by atoms with Gasteiger partial charge >= 0.3 is 0 Å². The molecule has 0 bridgehead atoms. The Hall–Kier alpha value is -4.52. The van der Waals surface area contributed by atoms with Gasteiger partial charge in [-0.25, -0.2) is 12.8 Å². The Balaban J connectivity index is 2.14. The molecule has 0 aliphatic carbocycles. The molecule has 0 unspecified atom stereocenters. The number of nitrogens with one attached hydrogen (secondary N) is 1. The van der Waals surface area contributed by atoms with Crippen molar-refractivity contribution in [3.05, 3.63) is 72.0 Å². The molecular weight excluding hydrogens is 605 g/mol. The van der Waals surface area contributed by atoms with Gasteiger partial charge in [-0.05, 0) is 55.3 Å². The van der Waals surface area contributed by atoms with Gasteiger partial charge in [0.15, 0.2) is 11.5 Å². The standard InChI is InChI=1S/C32H40FN3O8S/c1-7-8-17-34-32(38)22(2)35(20-23-9-11-24(33)12-10-23)31(37)21-36(27-18-25(41-3)13-15-28(27)42-4)45(39,40)26-14-16-29(43-5)30(19-26)44-6/h9-16,18-19,22H,7-8,17,20-21H2,1-6H3,(H,34,38)/t22-/m1/s1. The van der Waals surface area contributed by atoms with E-state index in [-0.39, 0.29) is 28.6 Å². The van der Waals surface area contributed by atoms with Gasteiger partial charge in [0, 0.05) is 25.2 Å². The van der Waals surface area contributed by atoms with Gasteiger partial charge in [-0.1, -0.05) is 25.5 Å². The average Bonchev–Trinajstić information content (AvgIpc) is 3.05. The highest BCUT2D eigenvalue weighted by molar-refractivity contribution is 7.92. The minimum atomic E-state index is -4.48. The van der Waals surface area contributed by atoms with Gasteiger partial charge in [0.2, 0.25) is 11.8 Å². The first-order chi connectivity index (χ1) is 21.5. The lowest BCUT2D eigenvalue weighted by molar-refractivity contribution is -0.139. The van der Waals surface area contributed by atoms with Crippen molar-refractivity contribution in [2.45, 2.75) is 44.2 Å². The van der Waals surface area contributed by atoms with Gasteiger partial charge in [0.05, 0.1) is 39.0 Å². The third-order valence-electron chi connectivity index (χ3n) is 7.14. The smallest absolute Gasteiger partial charge is 0.265 e. The summed E-state index contributed by atoms with van der Waals surface area (Å²) in [6.07, 6.45) is 1.61. The molecule has 0 saturated heterocycles. The number of methoxy groups -OCH3 is 4. The molecule has 3 aromatic carbocycles. The minimum absolute atomic E-state index is 0.0294. The number of benzene rings is 3. The van der Waals surface area contributed by atoms with Gasteiger partial charge < -0.3 is 29.2 Å². The summed E-state index contributed by atoms with van der Waals surface area (Å²) in [5.74, 6) is -0.609. The number of unbranched alkanes of at least 4 members (excludes halogenated alkanes) is 1. The zero-order valence-corrected chi connectivity index (χ0v) is 27.1. The van der Waals surface area contributed by atoms with Crippen molar-refractivity contribution in [3.8, 4) is 23.0 Å². The Morgan fingerprint density at radius 3 is 2.11 bits per heavy atom. The molecule has 3 aromatic rings. The summed E-state index contributed by atoms with van der Waals surface area (Å²) >= 11 is 0. The maximum atomic E-state index is 14.3. The predicted octanol–water partition coefficient (Wildman–Crippen LogP) is 4.39. The van der Waals surface area contributed by atoms with Crippen LogP contribution in [0.2, 0.25) is 0 Å². The molecule has 244 valence electrons. The third kappa shape index (κ3) is 8.56. The van der Waals surface area contributed by atoms with Crippen LogP contribution in [-0.2, 0) is 26.2 Å². The zero-order chi connectivity index (χ0) is 33.1. The van der Waals surface area contributed by atoms with Crippen molar-refractivity contribution < 1.29 is 41.3 Å². The Bertz CT molecular complexity index is 1570. The van der Waals surface area contributed by atoms with Crippen LogP contribution in [0.5, 0.6) is 23.0 Å². The highest BCUT2D eigenvalue weighted by atomic mass is 32.2. The van der Waals surface area contributed by atoms with E-state index in [4.69, 9.17) is 18.9 Å². The summed E-state index contributed by atoms with van der Waals surface area (Å²) in [4.78, 5) is 28.4. The van der Waals surface area contributed by atoms with Crippen LogP contribution in [0.3, 0.4) is 0 Å². The molecule has 0 aliphatic rings. The van der Waals surface area contributed by atoms with E-state index in [1.807, 2.05) is 6.92 Å². The maximum Gasteiger partial charge on any atom is 0.265 e. The molecule has 11 nitrogen and oxygen atoms in total. The fourth-order valence-corrected chi connectivity index (χ4v) is 5.95. The summed E-state index contributed by atoms with van der Waals surface area (Å²) in [7, 11) is 1.12. The first kappa shape index (κ1) is 35.0. The van der Waals surface area contributed by atoms with E-state index >= 15 is 0 Å². The topological polar surface area (TPSA) is 124 Å². The molecule has 0 saturated carbocycles. The lowest BCUT2D eigenvalue weighted by atomic mass is 10.1. The van der Waals surface area contributed by atoms with Crippen molar-refractivity contribution in [2.24, 2.45) is 0 Å². The van der Waals surface area contributed by atoms with Crippen LogP contribution in [0.25, 0.3) is 0 Å². The molecule has 0 fully saturated rings. The molecule has 1 atom stereocenters. The SMILES string of the molecule is CCCCNC(=O)[C@@H](C)N(Cc1ccc(F)cc1)C(=O)CN(c1cc(OC)ccc1OC)S(=O)(=O)c1ccc(OC)c(OC)c1. The minimum Gasteiger partial charge on any atom is -0.497 e. The van der Waals surface area contributed by atoms with Crippen molar-refractivity contribution in [3.63, 3.8) is 0 Å². The van der Waals surface area contributed by atoms with Crippen molar-refractivity contribution in [1.82, 2.24) is 10.2 Å². The van der Waals surface area contributed by atoms with Crippen LogP contribution in [0.1, 0.15) is 32.3 Å². The highest BCUT2D eigenvalue weighted by Crippen LogP contribution is 2.37.